The van der Waals surface area contributed by atoms with Gasteiger partial charge in [0.1, 0.15) is 5.82 Å². The Bertz CT molecular complexity index is 1360. The summed E-state index contributed by atoms with van der Waals surface area (Å²) in [6.45, 7) is 11.6. The van der Waals surface area contributed by atoms with Gasteiger partial charge in [-0.3, -0.25) is 4.79 Å². The van der Waals surface area contributed by atoms with E-state index < -0.39 is 30.2 Å². The molecule has 3 aromatic rings. The molecular formula is C28H39FN2O5SSi. The van der Waals surface area contributed by atoms with Gasteiger partial charge in [0.15, 0.2) is 8.32 Å². The van der Waals surface area contributed by atoms with Crippen molar-refractivity contribution in [3.8, 4) is 0 Å². The Morgan fingerprint density at radius 2 is 1.74 bits per heavy atom. The Hall–Kier alpha value is -2.53. The second kappa shape index (κ2) is 11.7. The number of esters is 1. The highest BCUT2D eigenvalue weighted by Crippen LogP contribution is 2.37. The third-order valence-electron chi connectivity index (χ3n) is 7.57. The van der Waals surface area contributed by atoms with Crippen molar-refractivity contribution >= 4 is 35.2 Å². The molecule has 0 fully saturated rings. The van der Waals surface area contributed by atoms with E-state index in [1.165, 1.54) is 23.5 Å². The molecule has 10 heteroatoms. The Kier molecular flexibility index (Phi) is 9.23. The predicted octanol–water partition coefficient (Wildman–Crippen LogP) is 5.60. The van der Waals surface area contributed by atoms with E-state index in [1.54, 1.807) is 7.05 Å². The Morgan fingerprint density at radius 3 is 2.34 bits per heavy atom. The van der Waals surface area contributed by atoms with Crippen molar-refractivity contribution in [3.05, 3.63) is 66.1 Å². The molecule has 0 bridgehead atoms. The van der Waals surface area contributed by atoms with Crippen LogP contribution in [-0.2, 0) is 36.9 Å². The number of methoxy groups -OCH3 is 1. The molecule has 7 nitrogen and oxygen atoms in total. The van der Waals surface area contributed by atoms with E-state index in [0.29, 0.717) is 19.6 Å². The molecule has 0 spiro atoms. The third kappa shape index (κ3) is 6.72. The van der Waals surface area contributed by atoms with Crippen molar-refractivity contribution < 1.29 is 26.8 Å². The summed E-state index contributed by atoms with van der Waals surface area (Å²) in [6, 6.07) is 12.1. The highest BCUT2D eigenvalue weighted by atomic mass is 32.2. The lowest BCUT2D eigenvalue weighted by Gasteiger charge is -2.37. The van der Waals surface area contributed by atoms with Gasteiger partial charge in [-0.1, -0.05) is 39.0 Å². The molecule has 0 saturated carbocycles. The van der Waals surface area contributed by atoms with Crippen LogP contribution in [0.2, 0.25) is 18.1 Å². The number of ether oxygens (including phenoxy) is 1. The molecular weight excluding hydrogens is 523 g/mol. The van der Waals surface area contributed by atoms with E-state index in [9.17, 15) is 17.6 Å². The summed E-state index contributed by atoms with van der Waals surface area (Å²) in [6.07, 6.45) is 2.47. The van der Waals surface area contributed by atoms with E-state index in [4.69, 9.17) is 9.16 Å². The monoisotopic (exact) mass is 562 g/mol. The van der Waals surface area contributed by atoms with Crippen molar-refractivity contribution in [3.63, 3.8) is 0 Å². The number of nitrogens with zero attached hydrogens (tertiary/aromatic N) is 2. The SMILES string of the molecule is COC(=O)Cc1cn(C[C@@H](CCO[Si](C)(C)C(C)(C)C)N(C)S(=O)(=O)c2ccc(F)cc2)c2ccccc12. The summed E-state index contributed by atoms with van der Waals surface area (Å²) in [4.78, 5) is 12.1. The van der Waals surface area contributed by atoms with Crippen molar-refractivity contribution in [2.45, 2.75) is 69.2 Å². The number of para-hydroxylation sites is 1. The summed E-state index contributed by atoms with van der Waals surface area (Å²) < 4.78 is 55.2. The van der Waals surface area contributed by atoms with Gasteiger partial charge in [-0.25, -0.2) is 12.8 Å². The summed E-state index contributed by atoms with van der Waals surface area (Å²) in [5, 5.41) is 0.937. The second-order valence-electron chi connectivity index (χ2n) is 11.1. The fourth-order valence-corrected chi connectivity index (χ4v) is 6.53. The summed E-state index contributed by atoms with van der Waals surface area (Å²) in [7, 11) is -3.04. The van der Waals surface area contributed by atoms with Crippen LogP contribution in [-0.4, -0.2) is 58.4 Å². The van der Waals surface area contributed by atoms with Crippen LogP contribution in [0.4, 0.5) is 4.39 Å². The Labute approximate surface area is 226 Å². The molecule has 0 aliphatic rings. The van der Waals surface area contributed by atoms with Crippen LogP contribution in [0.5, 0.6) is 0 Å². The van der Waals surface area contributed by atoms with Gasteiger partial charge < -0.3 is 13.7 Å². The minimum Gasteiger partial charge on any atom is -0.469 e. The van der Waals surface area contributed by atoms with Gasteiger partial charge in [0.25, 0.3) is 0 Å². The lowest BCUT2D eigenvalue weighted by molar-refractivity contribution is -0.139. The Morgan fingerprint density at radius 1 is 1.11 bits per heavy atom. The van der Waals surface area contributed by atoms with Gasteiger partial charge in [-0.2, -0.15) is 4.31 Å². The zero-order chi connectivity index (χ0) is 28.3. The van der Waals surface area contributed by atoms with Gasteiger partial charge in [-0.15, -0.1) is 0 Å². The Balaban J connectivity index is 1.97. The van der Waals surface area contributed by atoms with Crippen LogP contribution < -0.4 is 0 Å². The predicted molar refractivity (Wildman–Crippen MR) is 151 cm³/mol. The molecule has 0 aliphatic heterocycles. The van der Waals surface area contributed by atoms with Gasteiger partial charge >= 0.3 is 5.97 Å². The van der Waals surface area contributed by atoms with Gasteiger partial charge in [0.05, 0.1) is 18.4 Å². The minimum atomic E-state index is -3.90. The molecule has 1 atom stereocenters. The summed E-state index contributed by atoms with van der Waals surface area (Å²) in [5.74, 6) is -0.842. The summed E-state index contributed by atoms with van der Waals surface area (Å²) >= 11 is 0. The van der Waals surface area contributed by atoms with Crippen LogP contribution in [0.3, 0.4) is 0 Å². The molecule has 0 unspecified atom stereocenters. The molecule has 1 heterocycles. The smallest absolute Gasteiger partial charge is 0.310 e. The first-order valence-electron chi connectivity index (χ1n) is 12.7. The molecule has 208 valence electrons. The van der Waals surface area contributed by atoms with Gasteiger partial charge in [0, 0.05) is 43.3 Å². The highest BCUT2D eigenvalue weighted by Gasteiger charge is 2.37. The molecule has 1 aromatic heterocycles. The lowest BCUT2D eigenvalue weighted by Crippen LogP contribution is -2.44. The average Bonchev–Trinajstić information content (AvgIpc) is 3.19. The number of hydrogen-bond donors (Lipinski definition) is 0. The minimum absolute atomic E-state index is 0.0218. The molecule has 0 saturated heterocycles. The van der Waals surface area contributed by atoms with Crippen LogP contribution in [0, 0.1) is 5.82 Å². The van der Waals surface area contributed by atoms with Crippen molar-refractivity contribution in [1.29, 1.82) is 0 Å². The van der Waals surface area contributed by atoms with Gasteiger partial charge in [0.2, 0.25) is 10.0 Å². The molecule has 2 aromatic carbocycles. The van der Waals surface area contributed by atoms with E-state index in [0.717, 1.165) is 28.6 Å². The number of benzene rings is 2. The van der Waals surface area contributed by atoms with Crippen molar-refractivity contribution in [2.24, 2.45) is 0 Å². The number of sulfonamides is 1. The number of halogens is 1. The van der Waals surface area contributed by atoms with E-state index in [2.05, 4.69) is 33.9 Å². The second-order valence-corrected chi connectivity index (χ2v) is 17.9. The van der Waals surface area contributed by atoms with Crippen LogP contribution in [0.25, 0.3) is 10.9 Å². The number of carbonyl (C=O) groups excluding carboxylic acids is 1. The lowest BCUT2D eigenvalue weighted by atomic mass is 10.1. The maximum absolute atomic E-state index is 13.5. The quantitative estimate of drug-likeness (QED) is 0.225. The fourth-order valence-electron chi connectivity index (χ4n) is 4.09. The van der Waals surface area contributed by atoms with E-state index in [1.807, 2.05) is 35.0 Å². The molecule has 0 radical (unpaired) electrons. The van der Waals surface area contributed by atoms with Crippen LogP contribution in [0.1, 0.15) is 32.8 Å². The number of likely N-dealkylation sites (N-methyl/N-ethyl adjacent to an activating group) is 1. The van der Waals surface area contributed by atoms with Gasteiger partial charge in [-0.05, 0) is 60.4 Å². The number of aromatic nitrogens is 1. The molecule has 0 aliphatic carbocycles. The first-order valence-corrected chi connectivity index (χ1v) is 17.0. The van der Waals surface area contributed by atoms with Crippen molar-refractivity contribution in [2.75, 3.05) is 20.8 Å². The normalized spacial score (nSPS) is 13.7. The number of fused-ring (bicyclic) bond motifs is 1. The average molecular weight is 563 g/mol. The molecule has 3 rings (SSSR count). The first-order chi connectivity index (χ1) is 17.7. The molecule has 0 amide bonds. The highest BCUT2D eigenvalue weighted by molar-refractivity contribution is 7.89. The standard InChI is InChI=1S/C28H39FN2O5SSi/c1-28(2,3)38(6,7)36-17-16-23(30(4)37(33,34)24-14-12-22(29)13-15-24)20-31-19-21(18-27(32)35-5)25-10-8-9-11-26(25)31/h8-15,19,23H,16-18,20H2,1-7H3/t23-/m1/s1. The molecule has 0 N–H and O–H groups in total. The molecule has 38 heavy (non-hydrogen) atoms. The fraction of sp³-hybridized carbons (Fsp3) is 0.464. The van der Waals surface area contributed by atoms with E-state index >= 15 is 0 Å². The first kappa shape index (κ1) is 30.0. The zero-order valence-electron chi connectivity index (χ0n) is 23.3. The zero-order valence-corrected chi connectivity index (χ0v) is 25.1. The third-order valence-corrected chi connectivity index (χ3v) is 14.0. The van der Waals surface area contributed by atoms with Crippen LogP contribution >= 0.6 is 0 Å². The topological polar surface area (TPSA) is 77.8 Å². The number of hydrogen-bond acceptors (Lipinski definition) is 5. The van der Waals surface area contributed by atoms with E-state index in [-0.39, 0.29) is 22.3 Å². The van der Waals surface area contributed by atoms with Crippen molar-refractivity contribution in [1.82, 2.24) is 8.87 Å². The number of rotatable bonds is 11. The maximum atomic E-state index is 13.5. The maximum Gasteiger partial charge on any atom is 0.310 e. The van der Waals surface area contributed by atoms with Crippen LogP contribution in [0.15, 0.2) is 59.6 Å². The summed E-state index contributed by atoms with van der Waals surface area (Å²) in [5.41, 5.74) is 1.71. The number of carbonyl (C=O) groups is 1. The largest absolute Gasteiger partial charge is 0.469 e.